The number of sulfone groups is 1. The van der Waals surface area contributed by atoms with Gasteiger partial charge in [0.25, 0.3) is 0 Å². The summed E-state index contributed by atoms with van der Waals surface area (Å²) in [5.74, 6) is 0.126. The van der Waals surface area contributed by atoms with Crippen LogP contribution in [0, 0.1) is 0 Å². The Hall–Kier alpha value is -0.420. The number of aromatic nitrogens is 1. The first-order valence-electron chi connectivity index (χ1n) is 2.79. The van der Waals surface area contributed by atoms with Crippen LogP contribution in [0.15, 0.2) is 15.9 Å². The van der Waals surface area contributed by atoms with Crippen molar-refractivity contribution >= 4 is 21.2 Å². The maximum atomic E-state index is 11.0. The lowest BCUT2D eigenvalue weighted by molar-refractivity contribution is 0.596. The summed E-state index contributed by atoms with van der Waals surface area (Å²) in [4.78, 5) is 3.69. The average molecular weight is 177 g/mol. The fraction of sp³-hybridized carbons (Fsp3) is 0.400. The number of hydrogen-bond acceptors (Lipinski definition) is 4. The Morgan fingerprint density at radius 1 is 1.70 bits per heavy atom. The van der Waals surface area contributed by atoms with Crippen LogP contribution in [-0.4, -0.2) is 19.2 Å². The average Bonchev–Trinajstić information content (AvgIpc) is 2.38. The van der Waals surface area contributed by atoms with Gasteiger partial charge < -0.3 is 0 Å². The number of nitrogens with zero attached hydrogens (tertiary/aromatic N) is 1. The SMILES string of the molecule is CCS(=O)(=O)c1nccs1. The third kappa shape index (κ3) is 1.35. The summed E-state index contributed by atoms with van der Waals surface area (Å²) in [5.41, 5.74) is 0. The predicted octanol–water partition coefficient (Wildman–Crippen LogP) is 0.937. The molecule has 0 N–H and O–H groups in total. The molecule has 0 aliphatic heterocycles. The van der Waals surface area contributed by atoms with Crippen LogP contribution >= 0.6 is 11.3 Å². The molecule has 0 radical (unpaired) electrons. The van der Waals surface area contributed by atoms with Gasteiger partial charge in [-0.25, -0.2) is 13.4 Å². The lowest BCUT2D eigenvalue weighted by Gasteiger charge is -1.91. The molecule has 56 valence electrons. The quantitative estimate of drug-likeness (QED) is 0.675. The van der Waals surface area contributed by atoms with Crippen molar-refractivity contribution in [3.8, 4) is 0 Å². The summed E-state index contributed by atoms with van der Waals surface area (Å²) in [5, 5.41) is 1.66. The van der Waals surface area contributed by atoms with Crippen molar-refractivity contribution in [2.45, 2.75) is 11.3 Å². The van der Waals surface area contributed by atoms with Gasteiger partial charge in [-0.2, -0.15) is 0 Å². The van der Waals surface area contributed by atoms with Crippen molar-refractivity contribution in [2.75, 3.05) is 5.75 Å². The van der Waals surface area contributed by atoms with Gasteiger partial charge in [-0.1, -0.05) is 6.92 Å². The Morgan fingerprint density at radius 3 is 2.80 bits per heavy atom. The lowest BCUT2D eigenvalue weighted by atomic mass is 11.0. The van der Waals surface area contributed by atoms with Crippen molar-refractivity contribution in [2.24, 2.45) is 0 Å². The molecule has 0 aromatic carbocycles. The Kier molecular flexibility index (Phi) is 2.05. The molecule has 1 heterocycles. The second-order valence-corrected chi connectivity index (χ2v) is 5.05. The third-order valence-corrected chi connectivity index (χ3v) is 4.07. The van der Waals surface area contributed by atoms with Crippen LogP contribution in [0.1, 0.15) is 6.92 Å². The molecule has 0 unspecified atom stereocenters. The Bertz CT molecular complexity index is 287. The molecule has 0 amide bonds. The van der Waals surface area contributed by atoms with E-state index in [1.54, 1.807) is 12.3 Å². The zero-order chi connectivity index (χ0) is 7.61. The van der Waals surface area contributed by atoms with Crippen molar-refractivity contribution in [3.05, 3.63) is 11.6 Å². The molecular formula is C5H7NO2S2. The Morgan fingerprint density at radius 2 is 2.40 bits per heavy atom. The highest BCUT2D eigenvalue weighted by Gasteiger charge is 2.12. The fourth-order valence-electron chi connectivity index (χ4n) is 0.487. The van der Waals surface area contributed by atoms with E-state index in [-0.39, 0.29) is 10.1 Å². The summed E-state index contributed by atoms with van der Waals surface area (Å²) >= 11 is 1.16. The van der Waals surface area contributed by atoms with Crippen LogP contribution in [0.5, 0.6) is 0 Å². The van der Waals surface area contributed by atoms with E-state index < -0.39 is 9.84 Å². The van der Waals surface area contributed by atoms with E-state index in [2.05, 4.69) is 4.98 Å². The van der Waals surface area contributed by atoms with Gasteiger partial charge in [0.05, 0.1) is 5.75 Å². The topological polar surface area (TPSA) is 47.0 Å². The van der Waals surface area contributed by atoms with Gasteiger partial charge >= 0.3 is 0 Å². The maximum absolute atomic E-state index is 11.0. The standard InChI is InChI=1S/C5H7NO2S2/c1-2-10(7,8)5-6-3-4-9-5/h3-4H,2H2,1H3. The van der Waals surface area contributed by atoms with Crippen molar-refractivity contribution in [1.29, 1.82) is 0 Å². The Balaban J connectivity index is 3.09. The summed E-state index contributed by atoms with van der Waals surface area (Å²) in [6, 6.07) is 0. The van der Waals surface area contributed by atoms with Crippen molar-refractivity contribution in [1.82, 2.24) is 4.98 Å². The molecule has 5 heteroatoms. The van der Waals surface area contributed by atoms with Crippen LogP contribution in [-0.2, 0) is 9.84 Å². The summed E-state index contributed by atoms with van der Waals surface area (Å²) < 4.78 is 22.2. The van der Waals surface area contributed by atoms with Crippen LogP contribution in [0.3, 0.4) is 0 Å². The first-order chi connectivity index (χ1) is 4.67. The molecule has 0 fully saturated rings. The zero-order valence-electron chi connectivity index (χ0n) is 5.44. The van der Waals surface area contributed by atoms with Gasteiger partial charge in [-0.3, -0.25) is 0 Å². The number of hydrogen-bond donors (Lipinski definition) is 0. The van der Waals surface area contributed by atoms with E-state index in [0.717, 1.165) is 11.3 Å². The molecule has 0 aliphatic rings. The van der Waals surface area contributed by atoms with Gasteiger partial charge in [-0.05, 0) is 0 Å². The minimum atomic E-state index is -3.05. The molecule has 0 atom stereocenters. The minimum absolute atomic E-state index is 0.126. The Labute approximate surface area is 63.6 Å². The van der Waals surface area contributed by atoms with Gasteiger partial charge in [0.1, 0.15) is 0 Å². The third-order valence-electron chi connectivity index (χ3n) is 1.06. The first-order valence-corrected chi connectivity index (χ1v) is 5.32. The normalized spacial score (nSPS) is 11.7. The van der Waals surface area contributed by atoms with Gasteiger partial charge in [0.15, 0.2) is 0 Å². The van der Waals surface area contributed by atoms with Gasteiger partial charge in [0, 0.05) is 11.6 Å². The summed E-state index contributed by atoms with van der Waals surface area (Å²) in [6.45, 7) is 1.61. The summed E-state index contributed by atoms with van der Waals surface area (Å²) in [6.07, 6.45) is 1.49. The predicted molar refractivity (Wildman–Crippen MR) is 39.8 cm³/mol. The highest BCUT2D eigenvalue weighted by Crippen LogP contribution is 2.12. The molecule has 1 aromatic heterocycles. The molecule has 3 nitrogen and oxygen atoms in total. The van der Waals surface area contributed by atoms with E-state index in [4.69, 9.17) is 0 Å². The molecule has 0 bridgehead atoms. The molecule has 0 spiro atoms. The smallest absolute Gasteiger partial charge is 0.209 e. The largest absolute Gasteiger partial charge is 0.234 e. The lowest BCUT2D eigenvalue weighted by Crippen LogP contribution is -2.02. The van der Waals surface area contributed by atoms with Gasteiger partial charge in [-0.15, -0.1) is 11.3 Å². The van der Waals surface area contributed by atoms with Gasteiger partial charge in [0.2, 0.25) is 14.2 Å². The first kappa shape index (κ1) is 7.68. The molecule has 0 saturated carbocycles. The monoisotopic (exact) mass is 177 g/mol. The second kappa shape index (κ2) is 2.67. The number of rotatable bonds is 2. The van der Waals surface area contributed by atoms with Crippen LogP contribution in [0.2, 0.25) is 0 Å². The minimum Gasteiger partial charge on any atom is -0.234 e. The van der Waals surface area contributed by atoms with E-state index >= 15 is 0 Å². The molecule has 0 saturated heterocycles. The van der Waals surface area contributed by atoms with Crippen molar-refractivity contribution in [3.63, 3.8) is 0 Å². The van der Waals surface area contributed by atoms with E-state index in [1.807, 2.05) is 0 Å². The molecule has 0 aliphatic carbocycles. The van der Waals surface area contributed by atoms with E-state index in [1.165, 1.54) is 6.20 Å². The van der Waals surface area contributed by atoms with Crippen LogP contribution in [0.4, 0.5) is 0 Å². The second-order valence-electron chi connectivity index (χ2n) is 1.70. The van der Waals surface area contributed by atoms with E-state index in [0.29, 0.717) is 0 Å². The number of thiazole rings is 1. The highest BCUT2D eigenvalue weighted by molar-refractivity contribution is 7.93. The van der Waals surface area contributed by atoms with Crippen LogP contribution < -0.4 is 0 Å². The fourth-order valence-corrected chi connectivity index (χ4v) is 2.42. The molecule has 1 aromatic rings. The molecule has 10 heavy (non-hydrogen) atoms. The van der Waals surface area contributed by atoms with E-state index in [9.17, 15) is 8.42 Å². The summed E-state index contributed by atoms with van der Waals surface area (Å²) in [7, 11) is -3.05. The molecular weight excluding hydrogens is 170 g/mol. The maximum Gasteiger partial charge on any atom is 0.209 e. The van der Waals surface area contributed by atoms with Crippen molar-refractivity contribution < 1.29 is 8.42 Å². The zero-order valence-corrected chi connectivity index (χ0v) is 7.08. The molecule has 1 rings (SSSR count). The highest BCUT2D eigenvalue weighted by atomic mass is 32.2. The van der Waals surface area contributed by atoms with Crippen LogP contribution in [0.25, 0.3) is 0 Å².